The summed E-state index contributed by atoms with van der Waals surface area (Å²) in [6, 6.07) is 10.2. The summed E-state index contributed by atoms with van der Waals surface area (Å²) >= 11 is 0. The Morgan fingerprint density at radius 2 is 1.68 bits per heavy atom. The van der Waals surface area contributed by atoms with Crippen molar-refractivity contribution < 1.29 is 19.4 Å². The fraction of sp³-hybridized carbons (Fsp3) is 0.167. The van der Waals surface area contributed by atoms with Gasteiger partial charge in [0.25, 0.3) is 0 Å². The normalized spacial score (nSPS) is 10.7. The fourth-order valence-electron chi connectivity index (χ4n) is 2.00. The molecule has 0 amide bonds. The van der Waals surface area contributed by atoms with Gasteiger partial charge in [-0.3, -0.25) is 4.79 Å². The number of phenolic OH excluding ortho intramolecular Hbond substituents is 1. The molecule has 0 aromatic heterocycles. The van der Waals surface area contributed by atoms with Crippen molar-refractivity contribution in [2.75, 3.05) is 14.2 Å². The molecule has 0 bridgehead atoms. The number of phenols is 1. The smallest absolute Gasteiger partial charge is 0.185 e. The van der Waals surface area contributed by atoms with E-state index in [1.54, 1.807) is 45.4 Å². The van der Waals surface area contributed by atoms with Crippen molar-refractivity contribution >= 4 is 11.9 Å². The zero-order valence-electron chi connectivity index (χ0n) is 12.8. The van der Waals surface area contributed by atoms with E-state index in [0.717, 1.165) is 5.56 Å². The zero-order chi connectivity index (χ0) is 16.1. The predicted molar refractivity (Wildman–Crippen MR) is 85.8 cm³/mol. The van der Waals surface area contributed by atoms with Crippen LogP contribution in [0.25, 0.3) is 6.08 Å². The quantitative estimate of drug-likeness (QED) is 0.676. The van der Waals surface area contributed by atoms with Crippen molar-refractivity contribution in [2.24, 2.45) is 0 Å². The first kappa shape index (κ1) is 15.6. The highest BCUT2D eigenvalue weighted by atomic mass is 16.5. The minimum Gasteiger partial charge on any atom is -0.508 e. The van der Waals surface area contributed by atoms with Crippen molar-refractivity contribution in [3.05, 3.63) is 59.2 Å². The van der Waals surface area contributed by atoms with Crippen LogP contribution < -0.4 is 9.47 Å². The molecule has 0 atom stereocenters. The molecule has 0 spiro atoms. The van der Waals surface area contributed by atoms with Gasteiger partial charge in [-0.15, -0.1) is 0 Å². The topological polar surface area (TPSA) is 55.8 Å². The Kier molecular flexibility index (Phi) is 4.84. The molecular formula is C18H18O4. The number of ketones is 1. The van der Waals surface area contributed by atoms with Gasteiger partial charge in [0, 0.05) is 11.6 Å². The lowest BCUT2D eigenvalue weighted by Crippen LogP contribution is -1.95. The Morgan fingerprint density at radius 1 is 1.05 bits per heavy atom. The first-order valence-electron chi connectivity index (χ1n) is 6.78. The average Bonchev–Trinajstić information content (AvgIpc) is 2.54. The Bertz CT molecular complexity index is 695. The Balaban J connectivity index is 2.23. The minimum absolute atomic E-state index is 0.134. The van der Waals surface area contributed by atoms with Crippen molar-refractivity contribution in [3.63, 3.8) is 0 Å². The van der Waals surface area contributed by atoms with E-state index in [1.807, 2.05) is 12.1 Å². The molecule has 0 radical (unpaired) electrons. The van der Waals surface area contributed by atoms with Gasteiger partial charge in [0.2, 0.25) is 0 Å². The summed E-state index contributed by atoms with van der Waals surface area (Å²) < 4.78 is 10.4. The number of rotatable bonds is 5. The van der Waals surface area contributed by atoms with Crippen LogP contribution in [-0.2, 0) is 0 Å². The minimum atomic E-state index is -0.134. The van der Waals surface area contributed by atoms with E-state index in [4.69, 9.17) is 9.47 Å². The monoisotopic (exact) mass is 298 g/mol. The lowest BCUT2D eigenvalue weighted by molar-refractivity contribution is 0.104. The molecule has 0 aliphatic rings. The number of carbonyl (C=O) groups is 1. The number of carbonyl (C=O) groups excluding carboxylic acids is 1. The van der Waals surface area contributed by atoms with Gasteiger partial charge in [0.05, 0.1) is 14.2 Å². The summed E-state index contributed by atoms with van der Waals surface area (Å²) in [5.41, 5.74) is 2.00. The third kappa shape index (κ3) is 3.67. The number of aryl methyl sites for hydroxylation is 1. The molecule has 0 saturated carbocycles. The van der Waals surface area contributed by atoms with Gasteiger partial charge in [-0.1, -0.05) is 6.08 Å². The molecule has 0 saturated heterocycles. The van der Waals surface area contributed by atoms with Crippen LogP contribution in [0.5, 0.6) is 17.2 Å². The van der Waals surface area contributed by atoms with E-state index in [-0.39, 0.29) is 11.5 Å². The summed E-state index contributed by atoms with van der Waals surface area (Å²) in [6.45, 7) is 1.75. The van der Waals surface area contributed by atoms with Crippen molar-refractivity contribution in [2.45, 2.75) is 6.92 Å². The van der Waals surface area contributed by atoms with E-state index in [1.165, 1.54) is 12.1 Å². The fourth-order valence-corrected chi connectivity index (χ4v) is 2.00. The lowest BCUT2D eigenvalue weighted by Gasteiger charge is -2.05. The first-order valence-corrected chi connectivity index (χ1v) is 6.78. The molecule has 1 N–H and O–H groups in total. The van der Waals surface area contributed by atoms with Crippen LogP contribution in [0.1, 0.15) is 21.5 Å². The maximum absolute atomic E-state index is 12.2. The summed E-state index contributed by atoms with van der Waals surface area (Å²) in [5, 5.41) is 9.49. The second-order valence-corrected chi connectivity index (χ2v) is 4.84. The molecule has 0 unspecified atom stereocenters. The molecule has 0 aliphatic carbocycles. The van der Waals surface area contributed by atoms with Gasteiger partial charge >= 0.3 is 0 Å². The lowest BCUT2D eigenvalue weighted by atomic mass is 10.1. The van der Waals surface area contributed by atoms with Gasteiger partial charge in [0.1, 0.15) is 17.2 Å². The standard InChI is InChI=1S/C18H18O4/c1-12-8-14(5-7-17(12)19)18(20)6-4-13-9-15(21-2)11-16(10-13)22-3/h4-11,19H,1-3H3/b6-4+. The summed E-state index contributed by atoms with van der Waals surface area (Å²) in [7, 11) is 3.15. The van der Waals surface area contributed by atoms with Gasteiger partial charge in [0.15, 0.2) is 5.78 Å². The highest BCUT2D eigenvalue weighted by Gasteiger charge is 2.05. The van der Waals surface area contributed by atoms with E-state index in [2.05, 4.69) is 0 Å². The van der Waals surface area contributed by atoms with Gasteiger partial charge in [-0.2, -0.15) is 0 Å². The molecule has 2 aromatic carbocycles. The van der Waals surface area contributed by atoms with Crippen LogP contribution in [0, 0.1) is 6.92 Å². The highest BCUT2D eigenvalue weighted by Crippen LogP contribution is 2.23. The maximum atomic E-state index is 12.2. The molecule has 0 fully saturated rings. The van der Waals surface area contributed by atoms with Gasteiger partial charge in [-0.05, 0) is 54.5 Å². The molecule has 4 heteroatoms. The first-order chi connectivity index (χ1) is 10.5. The molecular weight excluding hydrogens is 280 g/mol. The number of aromatic hydroxyl groups is 1. The molecule has 2 aromatic rings. The molecule has 114 valence electrons. The van der Waals surface area contributed by atoms with Gasteiger partial charge in [-0.25, -0.2) is 0 Å². The van der Waals surface area contributed by atoms with E-state index >= 15 is 0 Å². The van der Waals surface area contributed by atoms with Crippen molar-refractivity contribution in [1.82, 2.24) is 0 Å². The summed E-state index contributed by atoms with van der Waals surface area (Å²) in [6.07, 6.45) is 3.19. The third-order valence-corrected chi connectivity index (χ3v) is 3.28. The SMILES string of the molecule is COc1cc(/C=C/C(=O)c2ccc(O)c(C)c2)cc(OC)c1. The number of hydrogen-bond donors (Lipinski definition) is 1. The van der Waals surface area contributed by atoms with Crippen molar-refractivity contribution in [1.29, 1.82) is 0 Å². The van der Waals surface area contributed by atoms with Crippen LogP contribution in [0.2, 0.25) is 0 Å². The largest absolute Gasteiger partial charge is 0.508 e. The molecule has 0 aliphatic heterocycles. The number of allylic oxidation sites excluding steroid dienone is 1. The molecule has 4 nitrogen and oxygen atoms in total. The third-order valence-electron chi connectivity index (χ3n) is 3.28. The highest BCUT2D eigenvalue weighted by molar-refractivity contribution is 6.07. The van der Waals surface area contributed by atoms with Crippen LogP contribution in [0.15, 0.2) is 42.5 Å². The van der Waals surface area contributed by atoms with Crippen molar-refractivity contribution in [3.8, 4) is 17.2 Å². The predicted octanol–water partition coefficient (Wildman–Crippen LogP) is 3.61. The van der Waals surface area contributed by atoms with E-state index < -0.39 is 0 Å². The Labute approximate surface area is 129 Å². The number of hydrogen-bond acceptors (Lipinski definition) is 4. The van der Waals surface area contributed by atoms with E-state index in [9.17, 15) is 9.90 Å². The number of methoxy groups -OCH3 is 2. The van der Waals surface area contributed by atoms with Gasteiger partial charge < -0.3 is 14.6 Å². The second-order valence-electron chi connectivity index (χ2n) is 4.84. The average molecular weight is 298 g/mol. The Morgan fingerprint density at radius 3 is 2.23 bits per heavy atom. The maximum Gasteiger partial charge on any atom is 0.185 e. The molecule has 2 rings (SSSR count). The summed E-state index contributed by atoms with van der Waals surface area (Å²) in [5.74, 6) is 1.36. The molecule has 22 heavy (non-hydrogen) atoms. The second kappa shape index (κ2) is 6.80. The van der Waals surface area contributed by atoms with Crippen LogP contribution in [-0.4, -0.2) is 25.1 Å². The summed E-state index contributed by atoms with van der Waals surface area (Å²) in [4.78, 5) is 12.2. The van der Waals surface area contributed by atoms with Crippen LogP contribution in [0.4, 0.5) is 0 Å². The zero-order valence-corrected chi connectivity index (χ0v) is 12.8. The Hall–Kier alpha value is -2.75. The number of ether oxygens (including phenoxy) is 2. The number of benzene rings is 2. The van der Waals surface area contributed by atoms with E-state index in [0.29, 0.717) is 22.6 Å². The van der Waals surface area contributed by atoms with Crippen LogP contribution in [0.3, 0.4) is 0 Å². The molecule has 0 heterocycles. The van der Waals surface area contributed by atoms with Crippen LogP contribution >= 0.6 is 0 Å².